The van der Waals surface area contributed by atoms with E-state index in [0.717, 1.165) is 6.42 Å². The number of hydrogen-bond donors (Lipinski definition) is 2. The van der Waals surface area contributed by atoms with Crippen molar-refractivity contribution in [2.75, 3.05) is 6.61 Å². The Bertz CT molecular complexity index is 197. The molecule has 0 bridgehead atoms. The Morgan fingerprint density at radius 3 is 1.09 bits per heavy atom. The summed E-state index contributed by atoms with van der Waals surface area (Å²) in [6, 6.07) is 0. The fourth-order valence-corrected chi connectivity index (χ4v) is 2.66. The number of aliphatic hydroxyl groups excluding tert-OH is 1. The number of aliphatic carboxylic acids is 1. The van der Waals surface area contributed by atoms with E-state index in [9.17, 15) is 0 Å². The van der Waals surface area contributed by atoms with Crippen molar-refractivity contribution in [3.05, 3.63) is 6.92 Å². The highest BCUT2D eigenvalue weighted by Gasteiger charge is 1.94. The molecular formula is C20H41O3. The highest BCUT2D eigenvalue weighted by molar-refractivity contribution is 5.71. The number of unbranched alkanes of at least 4 members (excludes halogenated alkanes) is 15. The molecule has 23 heavy (non-hydrogen) atoms. The maximum atomic E-state index is 8.89. The predicted molar refractivity (Wildman–Crippen MR) is 99.6 cm³/mol. The molecule has 0 aliphatic heterocycles. The van der Waals surface area contributed by atoms with Crippen LogP contribution in [-0.2, 0) is 4.79 Å². The number of carboxylic acid groups (broad SMARTS) is 1. The average molecular weight is 330 g/mol. The van der Waals surface area contributed by atoms with Crippen LogP contribution in [0.2, 0.25) is 0 Å². The molecule has 0 aromatic rings. The first-order valence-corrected chi connectivity index (χ1v) is 9.80. The molecule has 0 spiro atoms. The second-order valence-electron chi connectivity index (χ2n) is 6.42. The lowest BCUT2D eigenvalue weighted by Gasteiger charge is -2.03. The van der Waals surface area contributed by atoms with E-state index < -0.39 is 5.97 Å². The molecule has 0 heterocycles. The summed E-state index contributed by atoms with van der Waals surface area (Å²) in [7, 11) is 0. The molecule has 0 aliphatic rings. The molecule has 3 heteroatoms. The molecule has 0 saturated carbocycles. The number of aliphatic hydroxyl groups is 1. The van der Waals surface area contributed by atoms with Gasteiger partial charge in [-0.2, -0.15) is 0 Å². The van der Waals surface area contributed by atoms with Gasteiger partial charge in [-0.05, 0) is 6.42 Å². The van der Waals surface area contributed by atoms with Crippen molar-refractivity contribution in [3.8, 4) is 0 Å². The molecule has 0 saturated heterocycles. The van der Waals surface area contributed by atoms with Crippen LogP contribution in [0, 0.1) is 6.92 Å². The van der Waals surface area contributed by atoms with Gasteiger partial charge in [-0.1, -0.05) is 103 Å². The molecule has 0 atom stereocenters. The van der Waals surface area contributed by atoms with Gasteiger partial charge in [-0.3, -0.25) is 4.79 Å². The molecule has 1 radical (unpaired) electrons. The van der Waals surface area contributed by atoms with Gasteiger partial charge in [0.05, 0.1) is 6.92 Å². The van der Waals surface area contributed by atoms with Gasteiger partial charge in [-0.15, -0.1) is 0 Å². The summed E-state index contributed by atoms with van der Waals surface area (Å²) in [6.07, 6.45) is 22.2. The Morgan fingerprint density at radius 2 is 0.870 bits per heavy atom. The fourth-order valence-electron chi connectivity index (χ4n) is 2.66. The Labute approximate surface area is 144 Å². The molecule has 0 aromatic carbocycles. The SMILES string of the molecule is CCCCCCCCCCCCCCCCCCO.[CH2]C(=O)O. The van der Waals surface area contributed by atoms with E-state index in [1.54, 1.807) is 0 Å². The van der Waals surface area contributed by atoms with Gasteiger partial charge in [0.25, 0.3) is 0 Å². The number of carboxylic acids is 1. The second-order valence-corrected chi connectivity index (χ2v) is 6.42. The summed E-state index contributed by atoms with van der Waals surface area (Å²) in [6.45, 7) is 5.21. The van der Waals surface area contributed by atoms with E-state index in [2.05, 4.69) is 13.8 Å². The maximum absolute atomic E-state index is 8.89. The van der Waals surface area contributed by atoms with Gasteiger partial charge in [0.15, 0.2) is 0 Å². The van der Waals surface area contributed by atoms with Crippen LogP contribution in [0.3, 0.4) is 0 Å². The van der Waals surface area contributed by atoms with Crippen LogP contribution in [-0.4, -0.2) is 22.8 Å². The lowest BCUT2D eigenvalue weighted by molar-refractivity contribution is -0.131. The van der Waals surface area contributed by atoms with Crippen LogP contribution in [0.5, 0.6) is 0 Å². The first-order valence-electron chi connectivity index (χ1n) is 9.80. The van der Waals surface area contributed by atoms with Gasteiger partial charge in [0.2, 0.25) is 0 Å². The van der Waals surface area contributed by atoms with Crippen LogP contribution >= 0.6 is 0 Å². The average Bonchev–Trinajstić information content (AvgIpc) is 2.50. The maximum Gasteiger partial charge on any atom is 0.303 e. The van der Waals surface area contributed by atoms with Crippen LogP contribution < -0.4 is 0 Å². The quantitative estimate of drug-likeness (QED) is 0.334. The first-order chi connectivity index (χ1) is 11.1. The summed E-state index contributed by atoms with van der Waals surface area (Å²) in [4.78, 5) is 8.89. The zero-order valence-corrected chi connectivity index (χ0v) is 15.5. The molecule has 0 fully saturated rings. The van der Waals surface area contributed by atoms with Gasteiger partial charge >= 0.3 is 5.97 Å². The van der Waals surface area contributed by atoms with Crippen LogP contribution in [0.25, 0.3) is 0 Å². The van der Waals surface area contributed by atoms with E-state index in [-0.39, 0.29) is 0 Å². The highest BCUT2D eigenvalue weighted by atomic mass is 16.4. The van der Waals surface area contributed by atoms with E-state index >= 15 is 0 Å². The summed E-state index contributed by atoms with van der Waals surface area (Å²) >= 11 is 0. The third kappa shape index (κ3) is 34.0. The minimum Gasteiger partial charge on any atom is -0.481 e. The minimum absolute atomic E-state index is 0.373. The van der Waals surface area contributed by atoms with Crippen molar-refractivity contribution >= 4 is 5.97 Å². The third-order valence-electron chi connectivity index (χ3n) is 4.01. The van der Waals surface area contributed by atoms with Gasteiger partial charge in [-0.25, -0.2) is 0 Å². The minimum atomic E-state index is -1.08. The van der Waals surface area contributed by atoms with Crippen molar-refractivity contribution in [1.29, 1.82) is 0 Å². The largest absolute Gasteiger partial charge is 0.481 e. The third-order valence-corrected chi connectivity index (χ3v) is 4.01. The normalized spacial score (nSPS) is 10.2. The van der Waals surface area contributed by atoms with Crippen molar-refractivity contribution in [2.24, 2.45) is 0 Å². The van der Waals surface area contributed by atoms with E-state index in [4.69, 9.17) is 15.0 Å². The smallest absolute Gasteiger partial charge is 0.303 e. The fraction of sp³-hybridized carbons (Fsp3) is 0.900. The topological polar surface area (TPSA) is 57.5 Å². The standard InChI is InChI=1S/C18H38O.C2H3O2/c1-2-3-4-5-6-7-8-9-10-11-12-13-14-15-16-17-18-19;1-2(3)4/h19H,2-18H2,1H3;1H2,(H,3,4). The van der Waals surface area contributed by atoms with E-state index in [0.29, 0.717) is 6.61 Å². The summed E-state index contributed by atoms with van der Waals surface area (Å²) < 4.78 is 0. The Hall–Kier alpha value is -0.570. The lowest BCUT2D eigenvalue weighted by atomic mass is 10.0. The molecule has 3 nitrogen and oxygen atoms in total. The number of rotatable bonds is 16. The van der Waals surface area contributed by atoms with Crippen molar-refractivity contribution in [2.45, 2.75) is 110 Å². The van der Waals surface area contributed by atoms with Gasteiger partial charge < -0.3 is 10.2 Å². The monoisotopic (exact) mass is 329 g/mol. The van der Waals surface area contributed by atoms with E-state index in [1.165, 1.54) is 96.3 Å². The Kier molecular flexibility index (Phi) is 25.4. The van der Waals surface area contributed by atoms with E-state index in [1.807, 2.05) is 0 Å². The molecule has 2 N–H and O–H groups in total. The van der Waals surface area contributed by atoms with Gasteiger partial charge in [0, 0.05) is 6.61 Å². The zero-order chi connectivity index (χ0) is 17.6. The van der Waals surface area contributed by atoms with Crippen LogP contribution in [0.1, 0.15) is 110 Å². The zero-order valence-electron chi connectivity index (χ0n) is 15.5. The van der Waals surface area contributed by atoms with Crippen LogP contribution in [0.4, 0.5) is 0 Å². The molecule has 0 unspecified atom stereocenters. The Morgan fingerprint density at radius 1 is 0.652 bits per heavy atom. The molecule has 139 valence electrons. The van der Waals surface area contributed by atoms with Gasteiger partial charge in [0.1, 0.15) is 0 Å². The Balaban J connectivity index is 0. The molecule has 0 rings (SSSR count). The van der Waals surface area contributed by atoms with Crippen LogP contribution in [0.15, 0.2) is 0 Å². The van der Waals surface area contributed by atoms with Crippen molar-refractivity contribution in [3.63, 3.8) is 0 Å². The molecule has 0 aliphatic carbocycles. The summed E-state index contributed by atoms with van der Waals surface area (Å²) in [5, 5.41) is 16.0. The number of carbonyl (C=O) groups is 1. The summed E-state index contributed by atoms with van der Waals surface area (Å²) in [5.74, 6) is -1.08. The lowest BCUT2D eigenvalue weighted by Crippen LogP contribution is -1.85. The van der Waals surface area contributed by atoms with Crippen molar-refractivity contribution < 1.29 is 15.0 Å². The summed E-state index contributed by atoms with van der Waals surface area (Å²) in [5.41, 5.74) is 0. The predicted octanol–water partition coefficient (Wildman–Crippen LogP) is 6.15. The number of hydrogen-bond acceptors (Lipinski definition) is 2. The first kappa shape index (κ1) is 24.7. The molecule has 0 amide bonds. The molecular weight excluding hydrogens is 288 g/mol. The highest BCUT2D eigenvalue weighted by Crippen LogP contribution is 2.13. The van der Waals surface area contributed by atoms with Crippen molar-refractivity contribution in [1.82, 2.24) is 0 Å². The second kappa shape index (κ2) is 23.7. The molecule has 0 aromatic heterocycles.